The summed E-state index contributed by atoms with van der Waals surface area (Å²) < 4.78 is 11.5. The molecule has 3 aromatic carbocycles. The third kappa shape index (κ3) is 4.55. The lowest BCUT2D eigenvalue weighted by molar-refractivity contribution is 0.340. The zero-order chi connectivity index (χ0) is 24.4. The molecule has 4 aromatic rings. The summed E-state index contributed by atoms with van der Waals surface area (Å²) in [6, 6.07) is 25.8. The minimum absolute atomic E-state index is 0.260. The van der Waals surface area contributed by atoms with Crippen molar-refractivity contribution in [3.05, 3.63) is 102 Å². The number of anilines is 1. The number of benzene rings is 3. The highest BCUT2D eigenvalue weighted by Crippen LogP contribution is 2.39. The molecule has 0 fully saturated rings. The van der Waals surface area contributed by atoms with Gasteiger partial charge in [0, 0.05) is 16.9 Å². The van der Waals surface area contributed by atoms with Crippen molar-refractivity contribution in [2.24, 2.45) is 0 Å². The monoisotopic (exact) mass is 482 g/mol. The molecule has 1 atom stereocenters. The molecule has 176 valence electrons. The Kier molecular flexibility index (Phi) is 6.33. The smallest absolute Gasteiger partial charge is 0.258 e. The number of ether oxygens (including phenoxy) is 1. The molecule has 1 N–H and O–H groups in total. The van der Waals surface area contributed by atoms with Gasteiger partial charge in [-0.25, -0.2) is 0 Å². The number of aromatic nitrogens is 2. The van der Waals surface area contributed by atoms with E-state index in [2.05, 4.69) is 10.5 Å². The average molecular weight is 483 g/mol. The van der Waals surface area contributed by atoms with Crippen LogP contribution in [0, 0.1) is 6.92 Å². The highest BCUT2D eigenvalue weighted by molar-refractivity contribution is 7.80. The molecule has 0 amide bonds. The van der Waals surface area contributed by atoms with E-state index in [1.165, 1.54) is 0 Å². The van der Waals surface area contributed by atoms with Gasteiger partial charge in [0.2, 0.25) is 5.82 Å². The Hall–Kier alpha value is -3.97. The van der Waals surface area contributed by atoms with Crippen LogP contribution in [0.1, 0.15) is 36.9 Å². The molecule has 1 aromatic heterocycles. The summed E-state index contributed by atoms with van der Waals surface area (Å²) in [7, 11) is 0. The van der Waals surface area contributed by atoms with Gasteiger partial charge in [0.05, 0.1) is 18.2 Å². The number of aryl methyl sites for hydroxylation is 1. The van der Waals surface area contributed by atoms with Crippen molar-refractivity contribution in [3.8, 4) is 17.1 Å². The van der Waals surface area contributed by atoms with Crippen molar-refractivity contribution in [2.45, 2.75) is 26.8 Å². The summed E-state index contributed by atoms with van der Waals surface area (Å²) in [6.45, 7) is 6.67. The van der Waals surface area contributed by atoms with Crippen LogP contribution in [0.4, 0.5) is 5.69 Å². The maximum absolute atomic E-state index is 5.85. The summed E-state index contributed by atoms with van der Waals surface area (Å²) in [6.07, 6.45) is 0. The second-order valence-corrected chi connectivity index (χ2v) is 8.73. The zero-order valence-electron chi connectivity index (χ0n) is 19.9. The summed E-state index contributed by atoms with van der Waals surface area (Å²) >= 11 is 5.82. The first-order valence-corrected chi connectivity index (χ1v) is 12.0. The molecule has 0 spiro atoms. The maximum atomic E-state index is 5.85. The summed E-state index contributed by atoms with van der Waals surface area (Å²) in [5, 5.41) is 8.41. The molecule has 0 aliphatic carbocycles. The van der Waals surface area contributed by atoms with Gasteiger partial charge >= 0.3 is 0 Å². The van der Waals surface area contributed by atoms with Gasteiger partial charge in [0.15, 0.2) is 5.11 Å². The number of hydrogen-bond acceptors (Lipinski definition) is 5. The molecular weight excluding hydrogens is 456 g/mol. The fourth-order valence-corrected chi connectivity index (χ4v) is 4.68. The highest BCUT2D eigenvalue weighted by atomic mass is 32.1. The second-order valence-electron chi connectivity index (χ2n) is 8.35. The Morgan fingerprint density at radius 3 is 2.49 bits per heavy atom. The average Bonchev–Trinajstić information content (AvgIpc) is 3.35. The number of allylic oxidation sites excluding steroid dienone is 1. The summed E-state index contributed by atoms with van der Waals surface area (Å²) in [4.78, 5) is 6.81. The van der Waals surface area contributed by atoms with Crippen molar-refractivity contribution in [2.75, 3.05) is 11.5 Å². The fourth-order valence-electron chi connectivity index (χ4n) is 4.32. The van der Waals surface area contributed by atoms with E-state index in [1.54, 1.807) is 0 Å². The van der Waals surface area contributed by atoms with Crippen LogP contribution in [0.5, 0.6) is 5.75 Å². The van der Waals surface area contributed by atoms with E-state index in [1.807, 2.05) is 105 Å². The third-order valence-electron chi connectivity index (χ3n) is 5.96. The molecular formula is C28H26N4O2S. The molecule has 0 bridgehead atoms. The largest absolute Gasteiger partial charge is 0.494 e. The van der Waals surface area contributed by atoms with Crippen LogP contribution in [-0.2, 0) is 0 Å². The van der Waals surface area contributed by atoms with Gasteiger partial charge in [-0.3, -0.25) is 4.90 Å². The van der Waals surface area contributed by atoms with Gasteiger partial charge in [-0.2, -0.15) is 4.98 Å². The van der Waals surface area contributed by atoms with E-state index in [4.69, 9.17) is 26.5 Å². The molecule has 7 heteroatoms. The van der Waals surface area contributed by atoms with E-state index in [9.17, 15) is 0 Å². The van der Waals surface area contributed by atoms with Crippen LogP contribution < -0.4 is 15.0 Å². The quantitative estimate of drug-likeness (QED) is 0.323. The van der Waals surface area contributed by atoms with Gasteiger partial charge in [-0.1, -0.05) is 59.3 Å². The van der Waals surface area contributed by atoms with Crippen LogP contribution >= 0.6 is 12.2 Å². The number of nitrogens with one attached hydrogen (secondary N) is 1. The minimum Gasteiger partial charge on any atom is -0.494 e. The van der Waals surface area contributed by atoms with E-state index in [0.29, 0.717) is 23.4 Å². The van der Waals surface area contributed by atoms with Crippen LogP contribution in [0.2, 0.25) is 0 Å². The summed E-state index contributed by atoms with van der Waals surface area (Å²) in [5.41, 5.74) is 5.83. The van der Waals surface area contributed by atoms with Crippen LogP contribution in [0.25, 0.3) is 17.0 Å². The standard InChI is InChI=1S/C28H26N4O2S/c1-4-33-23-15-13-20(14-16-23)25-24(19(3)32(28(35)29-25)22-11-6-5-7-12-22)27-30-26(31-34-27)21-10-8-9-18(2)17-21/h5-17,25H,4H2,1-3H3,(H,29,35). The number of nitrogens with zero attached hydrogens (tertiary/aromatic N) is 3. The van der Waals surface area contributed by atoms with Gasteiger partial charge in [0.25, 0.3) is 5.89 Å². The molecule has 0 saturated heterocycles. The first-order valence-electron chi connectivity index (χ1n) is 11.6. The van der Waals surface area contributed by atoms with E-state index >= 15 is 0 Å². The molecule has 6 nitrogen and oxygen atoms in total. The fraction of sp³-hybridized carbons (Fsp3) is 0.179. The molecule has 0 radical (unpaired) electrons. The Labute approximate surface area is 210 Å². The molecule has 5 rings (SSSR count). The molecule has 0 saturated carbocycles. The molecule has 1 aliphatic rings. The van der Waals surface area contributed by atoms with Crippen LogP contribution in [-0.4, -0.2) is 21.9 Å². The predicted octanol–water partition coefficient (Wildman–Crippen LogP) is 6.31. The minimum atomic E-state index is -0.260. The van der Waals surface area contributed by atoms with E-state index in [-0.39, 0.29) is 6.04 Å². The highest BCUT2D eigenvalue weighted by Gasteiger charge is 2.34. The molecule has 2 heterocycles. The predicted molar refractivity (Wildman–Crippen MR) is 142 cm³/mol. The zero-order valence-corrected chi connectivity index (χ0v) is 20.7. The Bertz CT molecular complexity index is 1380. The normalized spacial score (nSPS) is 15.8. The Balaban J connectivity index is 1.62. The van der Waals surface area contributed by atoms with Crippen molar-refractivity contribution in [1.82, 2.24) is 15.5 Å². The van der Waals surface area contributed by atoms with Gasteiger partial charge in [-0.05, 0) is 68.9 Å². The first kappa shape index (κ1) is 22.8. The van der Waals surface area contributed by atoms with Crippen molar-refractivity contribution in [3.63, 3.8) is 0 Å². The number of rotatable bonds is 6. The lowest BCUT2D eigenvalue weighted by atomic mass is 9.94. The number of para-hydroxylation sites is 1. The van der Waals surface area contributed by atoms with Crippen molar-refractivity contribution in [1.29, 1.82) is 0 Å². The third-order valence-corrected chi connectivity index (χ3v) is 6.26. The number of thiocarbonyl (C=S) groups is 1. The van der Waals surface area contributed by atoms with E-state index in [0.717, 1.165) is 39.4 Å². The van der Waals surface area contributed by atoms with Crippen LogP contribution in [0.3, 0.4) is 0 Å². The van der Waals surface area contributed by atoms with E-state index < -0.39 is 0 Å². The topological polar surface area (TPSA) is 63.4 Å². The molecule has 1 unspecified atom stereocenters. The first-order chi connectivity index (χ1) is 17.0. The Morgan fingerprint density at radius 1 is 1.00 bits per heavy atom. The number of hydrogen-bond donors (Lipinski definition) is 1. The maximum Gasteiger partial charge on any atom is 0.258 e. The lowest BCUT2D eigenvalue weighted by Gasteiger charge is -2.37. The lowest BCUT2D eigenvalue weighted by Crippen LogP contribution is -2.46. The van der Waals surface area contributed by atoms with Gasteiger partial charge in [0.1, 0.15) is 5.75 Å². The van der Waals surface area contributed by atoms with Crippen molar-refractivity contribution >= 4 is 28.6 Å². The van der Waals surface area contributed by atoms with Gasteiger partial charge < -0.3 is 14.6 Å². The Morgan fingerprint density at radius 2 is 1.77 bits per heavy atom. The summed E-state index contributed by atoms with van der Waals surface area (Å²) in [5.74, 6) is 1.82. The molecule has 35 heavy (non-hydrogen) atoms. The SMILES string of the molecule is CCOc1ccc(C2NC(=S)N(c3ccccc3)C(C)=C2c2nc(-c3cccc(C)c3)no2)cc1. The van der Waals surface area contributed by atoms with Gasteiger partial charge in [-0.15, -0.1) is 0 Å². The van der Waals surface area contributed by atoms with Crippen LogP contribution in [0.15, 0.2) is 89.1 Å². The van der Waals surface area contributed by atoms with Crippen molar-refractivity contribution < 1.29 is 9.26 Å². The second kappa shape index (κ2) is 9.72. The molecule has 1 aliphatic heterocycles.